The first kappa shape index (κ1) is 15.4. The second-order valence-corrected chi connectivity index (χ2v) is 6.29. The fraction of sp³-hybridized carbons (Fsp3) is 0. The van der Waals surface area contributed by atoms with Crippen LogP contribution in [0.25, 0.3) is 22.2 Å². The zero-order valence-electron chi connectivity index (χ0n) is 10.7. The van der Waals surface area contributed by atoms with Gasteiger partial charge in [-0.25, -0.2) is 0 Å². The predicted molar refractivity (Wildman–Crippen MR) is 90.4 cm³/mol. The lowest BCUT2D eigenvalue weighted by Gasteiger charge is -2.01. The van der Waals surface area contributed by atoms with Crippen molar-refractivity contribution in [3.05, 3.63) is 60.5 Å². The number of hydrogen-bond acceptors (Lipinski definition) is 2. The smallest absolute Gasteiger partial charge is 0.302 e. The molecule has 0 aliphatic heterocycles. The van der Waals surface area contributed by atoms with Gasteiger partial charge in [-0.3, -0.25) is 10.1 Å². The molecule has 1 N–H and O–H groups in total. The fourth-order valence-electron chi connectivity index (χ4n) is 2.30. The van der Waals surface area contributed by atoms with Crippen LogP contribution in [-0.2, 0) is 0 Å². The third-order valence-corrected chi connectivity index (χ3v) is 4.08. The van der Waals surface area contributed by atoms with Gasteiger partial charge in [-0.05, 0) is 30.3 Å². The van der Waals surface area contributed by atoms with Crippen LogP contribution in [-0.4, -0.2) is 9.91 Å². The number of aromatic amines is 1. The van der Waals surface area contributed by atoms with Crippen molar-refractivity contribution >= 4 is 63.0 Å². The molecule has 22 heavy (non-hydrogen) atoms. The highest BCUT2D eigenvalue weighted by Gasteiger charge is 2.25. The van der Waals surface area contributed by atoms with Gasteiger partial charge in [-0.15, -0.1) is 0 Å². The van der Waals surface area contributed by atoms with Gasteiger partial charge >= 0.3 is 5.69 Å². The van der Waals surface area contributed by atoms with Crippen LogP contribution < -0.4 is 0 Å². The minimum atomic E-state index is -0.490. The molecule has 1 heterocycles. The van der Waals surface area contributed by atoms with Crippen molar-refractivity contribution in [1.82, 2.24) is 4.98 Å². The van der Waals surface area contributed by atoms with E-state index in [4.69, 9.17) is 46.4 Å². The van der Waals surface area contributed by atoms with E-state index in [-0.39, 0.29) is 11.4 Å². The summed E-state index contributed by atoms with van der Waals surface area (Å²) in [6.07, 6.45) is 0. The van der Waals surface area contributed by atoms with Gasteiger partial charge in [-0.1, -0.05) is 46.4 Å². The van der Waals surface area contributed by atoms with E-state index in [1.165, 1.54) is 12.1 Å². The number of halogens is 4. The molecule has 0 radical (unpaired) electrons. The second kappa shape index (κ2) is 5.63. The summed E-state index contributed by atoms with van der Waals surface area (Å²) in [5, 5.41) is 13.2. The third kappa shape index (κ3) is 2.63. The van der Waals surface area contributed by atoms with E-state index in [1.807, 2.05) is 0 Å². The van der Waals surface area contributed by atoms with Crippen molar-refractivity contribution < 1.29 is 4.92 Å². The first-order chi connectivity index (χ1) is 10.4. The van der Waals surface area contributed by atoms with Gasteiger partial charge in [0.15, 0.2) is 0 Å². The third-order valence-electron chi connectivity index (χ3n) is 3.13. The molecule has 2 aromatic carbocycles. The average Bonchev–Trinajstić information content (AvgIpc) is 2.77. The van der Waals surface area contributed by atoms with Crippen LogP contribution in [0, 0.1) is 10.1 Å². The van der Waals surface area contributed by atoms with Crippen molar-refractivity contribution in [2.75, 3.05) is 0 Å². The lowest BCUT2D eigenvalue weighted by atomic mass is 10.1. The Morgan fingerprint density at radius 3 is 2.09 bits per heavy atom. The first-order valence-corrected chi connectivity index (χ1v) is 7.49. The molecule has 1 aromatic heterocycles. The minimum Gasteiger partial charge on any atom is -0.347 e. The van der Waals surface area contributed by atoms with Crippen molar-refractivity contribution in [3.8, 4) is 11.3 Å². The molecule has 0 fully saturated rings. The maximum absolute atomic E-state index is 11.5. The number of aromatic nitrogens is 1. The summed E-state index contributed by atoms with van der Waals surface area (Å²) in [4.78, 5) is 14.0. The summed E-state index contributed by atoms with van der Waals surface area (Å²) in [5.74, 6) is 0. The van der Waals surface area contributed by atoms with E-state index in [9.17, 15) is 10.1 Å². The molecule has 3 rings (SSSR count). The molecule has 8 heteroatoms. The molecule has 0 saturated carbocycles. The van der Waals surface area contributed by atoms with Crippen LogP contribution in [0.3, 0.4) is 0 Å². The molecule has 0 saturated heterocycles. The van der Waals surface area contributed by atoms with Crippen molar-refractivity contribution in [3.63, 3.8) is 0 Å². The zero-order valence-corrected chi connectivity index (χ0v) is 13.7. The predicted octanol–water partition coefficient (Wildman–Crippen LogP) is 6.36. The Kier molecular flexibility index (Phi) is 3.95. The molecule has 0 aliphatic rings. The number of nitro groups is 1. The van der Waals surface area contributed by atoms with E-state index in [0.29, 0.717) is 36.6 Å². The Morgan fingerprint density at radius 2 is 1.50 bits per heavy atom. The number of nitrogens with one attached hydrogen (secondary N) is 1. The Balaban J connectivity index is 2.41. The van der Waals surface area contributed by atoms with Crippen molar-refractivity contribution in [2.24, 2.45) is 0 Å². The minimum absolute atomic E-state index is 0.127. The lowest BCUT2D eigenvalue weighted by Crippen LogP contribution is -1.90. The normalized spacial score (nSPS) is 11.1. The number of benzene rings is 2. The van der Waals surface area contributed by atoms with Gasteiger partial charge in [0.25, 0.3) is 0 Å². The Bertz CT molecular complexity index is 901. The lowest BCUT2D eigenvalue weighted by molar-refractivity contribution is -0.382. The van der Waals surface area contributed by atoms with E-state index >= 15 is 0 Å². The van der Waals surface area contributed by atoms with Crippen LogP contribution in [0.2, 0.25) is 20.1 Å². The van der Waals surface area contributed by atoms with E-state index in [0.717, 1.165) is 0 Å². The Labute approximate surface area is 144 Å². The number of rotatable bonds is 2. The van der Waals surface area contributed by atoms with Crippen LogP contribution in [0.1, 0.15) is 0 Å². The van der Waals surface area contributed by atoms with Crippen LogP contribution in [0.5, 0.6) is 0 Å². The van der Waals surface area contributed by atoms with Crippen LogP contribution in [0.4, 0.5) is 5.69 Å². The quantitative estimate of drug-likeness (QED) is 0.418. The van der Waals surface area contributed by atoms with E-state index in [1.54, 1.807) is 18.2 Å². The van der Waals surface area contributed by atoms with E-state index in [2.05, 4.69) is 4.98 Å². The molecular weight excluding hydrogens is 370 g/mol. The zero-order chi connectivity index (χ0) is 16.0. The average molecular weight is 376 g/mol. The highest BCUT2D eigenvalue weighted by molar-refractivity contribution is 6.39. The molecule has 0 spiro atoms. The summed E-state index contributed by atoms with van der Waals surface area (Å²) in [5.41, 5.74) is 1.07. The molecule has 3 aromatic rings. The summed E-state index contributed by atoms with van der Waals surface area (Å²) in [7, 11) is 0. The molecule has 4 nitrogen and oxygen atoms in total. The molecule has 112 valence electrons. The fourth-order valence-corrected chi connectivity index (χ4v) is 3.37. The number of hydrogen-bond donors (Lipinski definition) is 1. The molecular formula is C14H6Cl4N2O2. The first-order valence-electron chi connectivity index (χ1n) is 5.98. The molecule has 0 amide bonds. The van der Waals surface area contributed by atoms with Gasteiger partial charge in [0, 0.05) is 20.6 Å². The molecule has 0 atom stereocenters. The van der Waals surface area contributed by atoms with Crippen LogP contribution in [0.15, 0.2) is 30.3 Å². The van der Waals surface area contributed by atoms with Gasteiger partial charge < -0.3 is 4.98 Å². The standard InChI is InChI=1S/C14H6Cl4N2O2/c15-7-1-6(2-8(16)3-7)12-14(20(21)22)10-4-9(17)5-11(18)13(10)19-12/h1-5,19H. The monoisotopic (exact) mass is 374 g/mol. The Morgan fingerprint density at radius 1 is 0.909 bits per heavy atom. The highest BCUT2D eigenvalue weighted by atomic mass is 35.5. The van der Waals surface area contributed by atoms with Gasteiger partial charge in [0.2, 0.25) is 0 Å². The van der Waals surface area contributed by atoms with Gasteiger partial charge in [0.05, 0.1) is 20.8 Å². The maximum Gasteiger partial charge on any atom is 0.302 e. The summed E-state index contributed by atoms with van der Waals surface area (Å²) >= 11 is 24.0. The van der Waals surface area contributed by atoms with Gasteiger partial charge in [-0.2, -0.15) is 0 Å². The highest BCUT2D eigenvalue weighted by Crippen LogP contribution is 2.41. The summed E-state index contributed by atoms with van der Waals surface area (Å²) in [6.45, 7) is 0. The molecule has 0 unspecified atom stereocenters. The van der Waals surface area contributed by atoms with Crippen molar-refractivity contribution in [2.45, 2.75) is 0 Å². The van der Waals surface area contributed by atoms with Crippen LogP contribution >= 0.6 is 46.4 Å². The summed E-state index contributed by atoms with van der Waals surface area (Å²) < 4.78 is 0. The largest absolute Gasteiger partial charge is 0.347 e. The van der Waals surface area contributed by atoms with Gasteiger partial charge in [0.1, 0.15) is 5.69 Å². The number of fused-ring (bicyclic) bond motifs is 1. The Hall–Kier alpha value is -1.46. The SMILES string of the molecule is O=[N+]([O-])c1c(-c2cc(Cl)cc(Cl)c2)[nH]c2c(Cl)cc(Cl)cc12. The maximum atomic E-state index is 11.5. The van der Waals surface area contributed by atoms with Crippen molar-refractivity contribution in [1.29, 1.82) is 0 Å². The topological polar surface area (TPSA) is 58.9 Å². The summed E-state index contributed by atoms with van der Waals surface area (Å²) in [6, 6.07) is 7.72. The number of nitrogens with zero attached hydrogens (tertiary/aromatic N) is 1. The second-order valence-electron chi connectivity index (χ2n) is 4.57. The molecule has 0 bridgehead atoms. The molecule has 0 aliphatic carbocycles. The number of H-pyrrole nitrogens is 1. The van der Waals surface area contributed by atoms with E-state index < -0.39 is 4.92 Å².